The van der Waals surface area contributed by atoms with Crippen molar-refractivity contribution >= 4 is 16.0 Å². The van der Waals surface area contributed by atoms with Crippen LogP contribution in [0.1, 0.15) is 33.1 Å². The van der Waals surface area contributed by atoms with Crippen LogP contribution in [0.5, 0.6) is 0 Å². The highest BCUT2D eigenvalue weighted by atomic mass is 32.2. The highest BCUT2D eigenvalue weighted by molar-refractivity contribution is 7.89. The maximum atomic E-state index is 11.7. The second-order valence-electron chi connectivity index (χ2n) is 6.47. The average molecular weight is 379 g/mol. The number of nitrogens with one attached hydrogen (secondary N) is 2. The third kappa shape index (κ3) is 7.47. The predicted octanol–water partition coefficient (Wildman–Crippen LogP) is 0.00220. The Balaban J connectivity index is 2.48. The van der Waals surface area contributed by atoms with E-state index in [2.05, 4.69) is 15.6 Å². The Morgan fingerprint density at radius 1 is 1.36 bits per heavy atom. The summed E-state index contributed by atoms with van der Waals surface area (Å²) in [5.74, 6) is 0.837. The Bertz CT molecular complexity index is 504. The molecule has 0 aliphatic carbocycles. The van der Waals surface area contributed by atoms with Crippen LogP contribution < -0.4 is 10.6 Å². The molecule has 1 fully saturated rings. The molecule has 0 spiro atoms. The molecule has 0 aromatic carbocycles. The molecule has 1 atom stereocenters. The second-order valence-corrected chi connectivity index (χ2v) is 8.84. The van der Waals surface area contributed by atoms with E-state index in [9.17, 15) is 13.5 Å². The Labute approximate surface area is 152 Å². The number of rotatable bonds is 11. The average Bonchev–Trinajstić information content (AvgIpc) is 3.05. The molecule has 0 radical (unpaired) electrons. The summed E-state index contributed by atoms with van der Waals surface area (Å²) < 4.78 is 30.3. The van der Waals surface area contributed by atoms with Gasteiger partial charge in [-0.3, -0.25) is 4.99 Å². The predicted molar refractivity (Wildman–Crippen MR) is 100 cm³/mol. The van der Waals surface area contributed by atoms with Crippen LogP contribution in [0.4, 0.5) is 0 Å². The van der Waals surface area contributed by atoms with Crippen LogP contribution in [0.25, 0.3) is 0 Å². The van der Waals surface area contributed by atoms with Gasteiger partial charge in [-0.1, -0.05) is 0 Å². The molecule has 1 rings (SSSR count). The monoisotopic (exact) mass is 378 g/mol. The largest absolute Gasteiger partial charge is 0.396 e. The maximum absolute atomic E-state index is 11.7. The number of aliphatic imine (C=N–C) groups is 1. The summed E-state index contributed by atoms with van der Waals surface area (Å²) in [7, 11) is -1.51. The van der Waals surface area contributed by atoms with Crippen molar-refractivity contribution in [2.45, 2.75) is 33.1 Å². The minimum Gasteiger partial charge on any atom is -0.396 e. The van der Waals surface area contributed by atoms with Crippen LogP contribution in [0.3, 0.4) is 0 Å². The lowest BCUT2D eigenvalue weighted by Gasteiger charge is -2.25. The first-order valence-corrected chi connectivity index (χ1v) is 10.6. The normalized spacial score (nSPS) is 21.7. The molecule has 0 amide bonds. The van der Waals surface area contributed by atoms with Gasteiger partial charge in [0, 0.05) is 45.3 Å². The van der Waals surface area contributed by atoms with Crippen molar-refractivity contribution in [3.8, 4) is 0 Å². The smallest absolute Gasteiger partial charge is 0.213 e. The van der Waals surface area contributed by atoms with Gasteiger partial charge in [0.05, 0.1) is 18.9 Å². The highest BCUT2D eigenvalue weighted by Gasteiger charge is 2.34. The van der Waals surface area contributed by atoms with Crippen molar-refractivity contribution in [1.82, 2.24) is 14.9 Å². The Morgan fingerprint density at radius 3 is 2.68 bits per heavy atom. The van der Waals surface area contributed by atoms with E-state index in [0.717, 1.165) is 19.6 Å². The molecule has 25 heavy (non-hydrogen) atoms. The molecule has 148 valence electrons. The van der Waals surface area contributed by atoms with Crippen molar-refractivity contribution in [1.29, 1.82) is 0 Å². The van der Waals surface area contributed by atoms with Crippen LogP contribution in [0.2, 0.25) is 0 Å². The Morgan fingerprint density at radius 2 is 2.12 bits per heavy atom. The van der Waals surface area contributed by atoms with Gasteiger partial charge in [-0.25, -0.2) is 12.7 Å². The molecule has 1 unspecified atom stereocenters. The molecule has 0 bridgehead atoms. The van der Waals surface area contributed by atoms with E-state index in [1.165, 1.54) is 4.31 Å². The summed E-state index contributed by atoms with van der Waals surface area (Å²) in [6.45, 7) is 7.61. The van der Waals surface area contributed by atoms with Crippen LogP contribution in [-0.2, 0) is 14.8 Å². The summed E-state index contributed by atoms with van der Waals surface area (Å²) in [6.07, 6.45) is 2.30. The van der Waals surface area contributed by atoms with E-state index in [1.807, 2.05) is 6.92 Å². The molecule has 1 aliphatic heterocycles. The van der Waals surface area contributed by atoms with Gasteiger partial charge in [0.15, 0.2) is 5.96 Å². The van der Waals surface area contributed by atoms with Crippen molar-refractivity contribution in [2.75, 3.05) is 58.8 Å². The van der Waals surface area contributed by atoms with Crippen molar-refractivity contribution in [3.63, 3.8) is 0 Å². The molecular formula is C16H34N4O4S. The molecule has 8 nitrogen and oxygen atoms in total. The fraction of sp³-hybridized carbons (Fsp3) is 0.938. The van der Waals surface area contributed by atoms with Crippen molar-refractivity contribution in [3.05, 3.63) is 0 Å². The van der Waals surface area contributed by atoms with Gasteiger partial charge in [-0.2, -0.15) is 0 Å². The highest BCUT2D eigenvalue weighted by Crippen LogP contribution is 2.32. The fourth-order valence-corrected chi connectivity index (χ4v) is 3.59. The van der Waals surface area contributed by atoms with Crippen molar-refractivity contribution in [2.24, 2.45) is 10.4 Å². The summed E-state index contributed by atoms with van der Waals surface area (Å²) >= 11 is 0. The van der Waals surface area contributed by atoms with Crippen molar-refractivity contribution < 1.29 is 18.3 Å². The number of ether oxygens (including phenoxy) is 1. The summed E-state index contributed by atoms with van der Waals surface area (Å²) in [6, 6.07) is 0. The van der Waals surface area contributed by atoms with Gasteiger partial charge in [-0.15, -0.1) is 0 Å². The third-order valence-electron chi connectivity index (χ3n) is 4.53. The molecule has 0 saturated carbocycles. The number of guanidine groups is 1. The van der Waals surface area contributed by atoms with Gasteiger partial charge in [0.1, 0.15) is 0 Å². The van der Waals surface area contributed by atoms with Crippen LogP contribution in [0, 0.1) is 5.41 Å². The van der Waals surface area contributed by atoms with E-state index in [-0.39, 0.29) is 17.8 Å². The van der Waals surface area contributed by atoms with Crippen LogP contribution in [0.15, 0.2) is 4.99 Å². The number of hydrogen-bond donors (Lipinski definition) is 3. The summed E-state index contributed by atoms with van der Waals surface area (Å²) in [4.78, 5) is 4.64. The molecule has 9 heteroatoms. The molecular weight excluding hydrogens is 344 g/mol. The molecule has 1 heterocycles. The topological polar surface area (TPSA) is 103 Å². The standard InChI is InChI=1S/C16H34N4O4S/c1-4-17-15(18-9-6-10-20(3)25(22,23)5-2)19-13-16(7-11-21)8-12-24-14-16/h21H,4-14H2,1-3H3,(H2,17,18,19). The van der Waals surface area contributed by atoms with Gasteiger partial charge in [0.2, 0.25) is 10.0 Å². The van der Waals surface area contributed by atoms with E-state index in [0.29, 0.717) is 45.0 Å². The number of aliphatic hydroxyl groups is 1. The number of aliphatic hydroxyl groups excluding tert-OH is 1. The Hall–Kier alpha value is -0.900. The van der Waals surface area contributed by atoms with E-state index < -0.39 is 10.0 Å². The summed E-state index contributed by atoms with van der Waals surface area (Å²) in [5, 5.41) is 15.7. The quantitative estimate of drug-likeness (QED) is 0.266. The lowest BCUT2D eigenvalue weighted by molar-refractivity contribution is 0.131. The first-order valence-electron chi connectivity index (χ1n) is 9.04. The van der Waals surface area contributed by atoms with Gasteiger partial charge >= 0.3 is 0 Å². The fourth-order valence-electron chi connectivity index (χ4n) is 2.74. The SMILES string of the molecule is CCNC(=NCC1(CCO)CCOC1)NCCCN(C)S(=O)(=O)CC. The van der Waals surface area contributed by atoms with E-state index in [1.54, 1.807) is 14.0 Å². The summed E-state index contributed by atoms with van der Waals surface area (Å²) in [5.41, 5.74) is -0.0769. The molecule has 3 N–H and O–H groups in total. The minimum atomic E-state index is -3.12. The first kappa shape index (κ1) is 22.1. The van der Waals surface area contributed by atoms with Crippen LogP contribution in [-0.4, -0.2) is 82.6 Å². The van der Waals surface area contributed by atoms with Gasteiger partial charge < -0.3 is 20.5 Å². The number of hydrogen-bond acceptors (Lipinski definition) is 5. The van der Waals surface area contributed by atoms with Crippen LogP contribution >= 0.6 is 0 Å². The lowest BCUT2D eigenvalue weighted by Crippen LogP contribution is -2.40. The molecule has 1 aliphatic rings. The Kier molecular flexibility index (Phi) is 9.70. The number of nitrogens with zero attached hydrogens (tertiary/aromatic N) is 2. The van der Waals surface area contributed by atoms with E-state index in [4.69, 9.17) is 4.74 Å². The van der Waals surface area contributed by atoms with Gasteiger partial charge in [-0.05, 0) is 33.1 Å². The zero-order chi connectivity index (χ0) is 18.8. The zero-order valence-electron chi connectivity index (χ0n) is 15.8. The maximum Gasteiger partial charge on any atom is 0.213 e. The lowest BCUT2D eigenvalue weighted by atomic mass is 9.84. The molecule has 0 aromatic heterocycles. The van der Waals surface area contributed by atoms with E-state index >= 15 is 0 Å². The zero-order valence-corrected chi connectivity index (χ0v) is 16.6. The minimum absolute atomic E-state index is 0.0769. The van der Waals surface area contributed by atoms with Gasteiger partial charge in [0.25, 0.3) is 0 Å². The molecule has 0 aromatic rings. The first-order chi connectivity index (χ1) is 11.9. The number of sulfonamides is 1. The molecule has 1 saturated heterocycles. The second kappa shape index (κ2) is 10.9. The third-order valence-corrected chi connectivity index (χ3v) is 6.39.